The van der Waals surface area contributed by atoms with Gasteiger partial charge in [-0.15, -0.1) is 0 Å². The number of primary amides is 1. The molecule has 5 rings (SSSR count). The fraction of sp³-hybridized carbons (Fsp3) is 0.483. The number of rotatable bonds is 7. The Hall–Kier alpha value is -2.77. The van der Waals surface area contributed by atoms with Crippen molar-refractivity contribution in [3.05, 3.63) is 63.1 Å². The van der Waals surface area contributed by atoms with Crippen LogP contribution in [0.1, 0.15) is 59.5 Å². The number of nitrogens with zero attached hydrogens (tertiary/aromatic N) is 2. The minimum Gasteiger partial charge on any atom is -0.481 e. The van der Waals surface area contributed by atoms with Crippen LogP contribution in [-0.2, 0) is 9.59 Å². The van der Waals surface area contributed by atoms with E-state index in [0.717, 1.165) is 42.7 Å². The molecule has 2 heterocycles. The largest absolute Gasteiger partial charge is 0.481 e. The Kier molecular flexibility index (Phi) is 7.35. The highest BCUT2D eigenvalue weighted by atomic mass is 35.5. The third-order valence-corrected chi connectivity index (χ3v) is 9.40. The summed E-state index contributed by atoms with van der Waals surface area (Å²) in [6.07, 6.45) is 2.80. The van der Waals surface area contributed by atoms with E-state index >= 15 is 0 Å². The third kappa shape index (κ3) is 4.87. The predicted molar refractivity (Wildman–Crippen MR) is 148 cm³/mol. The van der Waals surface area contributed by atoms with Crippen LogP contribution in [0.2, 0.25) is 10.0 Å². The van der Waals surface area contributed by atoms with Crippen LogP contribution in [0.15, 0.2) is 36.4 Å². The molecule has 7 nitrogen and oxygen atoms in total. The SMILES string of the molecule is Cc1cc(Cl)c(C(=O)N2CC3CN(c4cccc(C(CC(N)=O)C5(C(=O)O)CCCC5)c4)CC3C2)c(Cl)c1. The van der Waals surface area contributed by atoms with Crippen molar-refractivity contribution >= 4 is 46.7 Å². The number of aryl methyl sites for hydroxylation is 1. The molecule has 0 radical (unpaired) electrons. The smallest absolute Gasteiger partial charge is 0.310 e. The lowest BCUT2D eigenvalue weighted by Crippen LogP contribution is -2.37. The maximum atomic E-state index is 13.3. The molecule has 1 saturated carbocycles. The Morgan fingerprint density at radius 2 is 1.63 bits per heavy atom. The number of aliphatic carboxylic acids is 1. The molecule has 9 heteroatoms. The predicted octanol–water partition coefficient (Wildman–Crippen LogP) is 5.11. The Morgan fingerprint density at radius 1 is 1.03 bits per heavy atom. The zero-order valence-electron chi connectivity index (χ0n) is 21.5. The number of carboxylic acids is 1. The number of hydrogen-bond acceptors (Lipinski definition) is 4. The number of benzene rings is 2. The number of halogens is 2. The Bertz CT molecular complexity index is 1240. The van der Waals surface area contributed by atoms with E-state index in [1.165, 1.54) is 0 Å². The quantitative estimate of drug-likeness (QED) is 0.492. The summed E-state index contributed by atoms with van der Waals surface area (Å²) in [7, 11) is 0. The van der Waals surface area contributed by atoms with Gasteiger partial charge in [0.25, 0.3) is 5.91 Å². The first-order chi connectivity index (χ1) is 18.1. The number of fused-ring (bicyclic) bond motifs is 1. The van der Waals surface area contributed by atoms with Gasteiger partial charge in [0, 0.05) is 56.0 Å². The van der Waals surface area contributed by atoms with Crippen molar-refractivity contribution in [2.45, 2.75) is 44.9 Å². The molecule has 0 bridgehead atoms. The first kappa shape index (κ1) is 26.8. The zero-order valence-corrected chi connectivity index (χ0v) is 23.0. The number of likely N-dealkylation sites (tertiary alicyclic amines) is 1. The van der Waals surface area contributed by atoms with E-state index in [1.807, 2.05) is 36.1 Å². The summed E-state index contributed by atoms with van der Waals surface area (Å²) in [6, 6.07) is 11.5. The van der Waals surface area contributed by atoms with E-state index in [1.54, 1.807) is 12.1 Å². The van der Waals surface area contributed by atoms with E-state index in [0.29, 0.717) is 53.4 Å². The molecule has 2 amide bonds. The van der Waals surface area contributed by atoms with Gasteiger partial charge in [0.05, 0.1) is 21.0 Å². The normalized spacial score (nSPS) is 22.9. The van der Waals surface area contributed by atoms with Crippen LogP contribution in [0.5, 0.6) is 0 Å². The lowest BCUT2D eigenvalue weighted by Gasteiger charge is -2.34. The number of carbonyl (C=O) groups excluding carboxylic acids is 2. The molecular weight excluding hydrogens is 525 g/mol. The minimum atomic E-state index is -0.964. The standard InChI is InChI=1S/C29H33Cl2N3O4/c1-17-9-23(30)26(24(31)10-17)27(36)34-15-19-13-33(14-20(19)16-34)21-6-4-5-18(11-21)22(12-25(32)35)29(28(37)38)7-2-3-8-29/h4-6,9-11,19-20,22H,2-3,7-8,12-16H2,1H3,(H2,32,35)(H,37,38). The van der Waals surface area contributed by atoms with E-state index in [2.05, 4.69) is 4.90 Å². The topological polar surface area (TPSA) is 104 Å². The molecule has 0 aromatic heterocycles. The van der Waals surface area contributed by atoms with Gasteiger partial charge in [-0.3, -0.25) is 14.4 Å². The molecule has 2 aromatic rings. The van der Waals surface area contributed by atoms with Crippen molar-refractivity contribution < 1.29 is 19.5 Å². The van der Waals surface area contributed by atoms with Crippen molar-refractivity contribution in [1.29, 1.82) is 0 Å². The lowest BCUT2D eigenvalue weighted by molar-refractivity contribution is -0.150. The highest BCUT2D eigenvalue weighted by molar-refractivity contribution is 6.39. The van der Waals surface area contributed by atoms with Crippen molar-refractivity contribution in [2.24, 2.45) is 23.0 Å². The van der Waals surface area contributed by atoms with Gasteiger partial charge in [-0.2, -0.15) is 0 Å². The number of carbonyl (C=O) groups is 3. The zero-order chi connectivity index (χ0) is 27.2. The molecule has 2 aliphatic heterocycles. The summed E-state index contributed by atoms with van der Waals surface area (Å²) < 4.78 is 0. The third-order valence-electron chi connectivity index (χ3n) is 8.81. The van der Waals surface area contributed by atoms with Gasteiger partial charge in [-0.1, -0.05) is 48.2 Å². The Morgan fingerprint density at radius 3 is 2.18 bits per heavy atom. The van der Waals surface area contributed by atoms with E-state index in [-0.39, 0.29) is 12.3 Å². The van der Waals surface area contributed by atoms with E-state index in [4.69, 9.17) is 28.9 Å². The fourth-order valence-electron chi connectivity index (χ4n) is 6.92. The van der Waals surface area contributed by atoms with Gasteiger partial charge in [0.2, 0.25) is 5.91 Å². The summed E-state index contributed by atoms with van der Waals surface area (Å²) in [5.41, 5.74) is 7.76. The summed E-state index contributed by atoms with van der Waals surface area (Å²) in [6.45, 7) is 4.73. The first-order valence-electron chi connectivity index (χ1n) is 13.2. The van der Waals surface area contributed by atoms with Crippen LogP contribution in [-0.4, -0.2) is 54.0 Å². The Labute approximate surface area is 232 Å². The number of hydrogen-bond donors (Lipinski definition) is 2. The van der Waals surface area contributed by atoms with Gasteiger partial charge < -0.3 is 20.6 Å². The summed E-state index contributed by atoms with van der Waals surface area (Å²) >= 11 is 12.7. The van der Waals surface area contributed by atoms with E-state index in [9.17, 15) is 19.5 Å². The molecule has 1 aliphatic carbocycles. The second kappa shape index (κ2) is 10.4. The summed E-state index contributed by atoms with van der Waals surface area (Å²) in [5.74, 6) is -1.30. The van der Waals surface area contributed by atoms with Crippen LogP contribution in [0.3, 0.4) is 0 Å². The number of carboxylic acid groups (broad SMARTS) is 1. The summed E-state index contributed by atoms with van der Waals surface area (Å²) in [4.78, 5) is 41.8. The number of anilines is 1. The highest BCUT2D eigenvalue weighted by Crippen LogP contribution is 2.51. The highest BCUT2D eigenvalue weighted by Gasteiger charge is 2.49. The van der Waals surface area contributed by atoms with Crippen molar-refractivity contribution in [1.82, 2.24) is 4.90 Å². The van der Waals surface area contributed by atoms with Gasteiger partial charge in [-0.25, -0.2) is 0 Å². The van der Waals surface area contributed by atoms with Gasteiger partial charge in [-0.05, 0) is 55.2 Å². The number of amides is 2. The molecule has 3 unspecified atom stereocenters. The number of nitrogens with two attached hydrogens (primary N) is 1. The molecule has 3 N–H and O–H groups in total. The molecular formula is C29H33Cl2N3O4. The lowest BCUT2D eigenvalue weighted by atomic mass is 9.69. The summed E-state index contributed by atoms with van der Waals surface area (Å²) in [5, 5.41) is 10.9. The average molecular weight is 559 g/mol. The van der Waals surface area contributed by atoms with Crippen molar-refractivity contribution in [3.63, 3.8) is 0 Å². The average Bonchev–Trinajstić information content (AvgIpc) is 3.57. The molecule has 2 saturated heterocycles. The van der Waals surface area contributed by atoms with E-state index < -0.39 is 23.2 Å². The molecule has 2 aromatic carbocycles. The van der Waals surface area contributed by atoms with Crippen LogP contribution >= 0.6 is 23.2 Å². The van der Waals surface area contributed by atoms with Crippen LogP contribution in [0.25, 0.3) is 0 Å². The molecule has 3 atom stereocenters. The molecule has 3 fully saturated rings. The molecule has 38 heavy (non-hydrogen) atoms. The van der Waals surface area contributed by atoms with Crippen LogP contribution < -0.4 is 10.6 Å². The fourth-order valence-corrected chi connectivity index (χ4v) is 7.68. The Balaban J connectivity index is 1.32. The van der Waals surface area contributed by atoms with Gasteiger partial charge in [0.1, 0.15) is 0 Å². The van der Waals surface area contributed by atoms with Gasteiger partial charge >= 0.3 is 5.97 Å². The molecule has 3 aliphatic rings. The van der Waals surface area contributed by atoms with Crippen LogP contribution in [0, 0.1) is 24.2 Å². The van der Waals surface area contributed by atoms with Crippen molar-refractivity contribution in [2.75, 3.05) is 31.1 Å². The maximum Gasteiger partial charge on any atom is 0.310 e. The molecule has 0 spiro atoms. The van der Waals surface area contributed by atoms with Gasteiger partial charge in [0.15, 0.2) is 0 Å². The maximum absolute atomic E-state index is 13.3. The van der Waals surface area contributed by atoms with Crippen LogP contribution in [0.4, 0.5) is 5.69 Å². The second-order valence-corrected chi connectivity index (χ2v) is 12.0. The first-order valence-corrected chi connectivity index (χ1v) is 14.0. The monoisotopic (exact) mass is 557 g/mol. The molecule has 202 valence electrons. The second-order valence-electron chi connectivity index (χ2n) is 11.2. The minimum absolute atomic E-state index is 0.0161. The van der Waals surface area contributed by atoms with Crippen molar-refractivity contribution in [3.8, 4) is 0 Å².